The Hall–Kier alpha value is -2.38. The summed E-state index contributed by atoms with van der Waals surface area (Å²) in [5.41, 5.74) is 0.984. The van der Waals surface area contributed by atoms with Crippen molar-refractivity contribution in [2.24, 2.45) is 11.3 Å². The van der Waals surface area contributed by atoms with Gasteiger partial charge in [-0.2, -0.15) is 0 Å². The van der Waals surface area contributed by atoms with Crippen LogP contribution < -0.4 is 11.0 Å². The fourth-order valence-electron chi connectivity index (χ4n) is 6.26. The number of imidazole rings is 1. The van der Waals surface area contributed by atoms with E-state index in [9.17, 15) is 9.59 Å². The Morgan fingerprint density at radius 3 is 2.47 bits per heavy atom. The molecule has 0 spiro atoms. The number of carboxylic acid groups (broad SMARTS) is 1. The van der Waals surface area contributed by atoms with Crippen LogP contribution in [0.25, 0.3) is 11.5 Å². The van der Waals surface area contributed by atoms with E-state index < -0.39 is 5.97 Å². The van der Waals surface area contributed by atoms with Crippen LogP contribution in [0.4, 0.5) is 5.82 Å². The second kappa shape index (κ2) is 7.59. The lowest BCUT2D eigenvalue weighted by molar-refractivity contribution is -0.138. The third-order valence-corrected chi connectivity index (χ3v) is 8.55. The summed E-state index contributed by atoms with van der Waals surface area (Å²) in [5.74, 6) is 2.17. The van der Waals surface area contributed by atoms with Crippen molar-refractivity contribution in [3.05, 3.63) is 16.3 Å². The smallest absolute Gasteiger partial charge is 0.331 e. The normalized spacial score (nSPS) is 28.9. The summed E-state index contributed by atoms with van der Waals surface area (Å²) < 4.78 is 3.68. The molecule has 3 aliphatic carbocycles. The first-order chi connectivity index (χ1) is 15.3. The largest absolute Gasteiger partial charge is 0.481 e. The Morgan fingerprint density at radius 1 is 1.19 bits per heavy atom. The third-order valence-electron chi connectivity index (χ3n) is 8.55. The van der Waals surface area contributed by atoms with Gasteiger partial charge in [-0.25, -0.2) is 14.8 Å². The quantitative estimate of drug-likeness (QED) is 0.676. The Labute approximate surface area is 188 Å². The number of nitrogens with zero attached hydrogens (tertiary/aromatic N) is 4. The second-order valence-corrected chi connectivity index (χ2v) is 10.8. The van der Waals surface area contributed by atoms with Crippen molar-refractivity contribution in [1.82, 2.24) is 19.1 Å². The highest BCUT2D eigenvalue weighted by Gasteiger charge is 2.51. The van der Waals surface area contributed by atoms with Crippen LogP contribution in [0.3, 0.4) is 0 Å². The summed E-state index contributed by atoms with van der Waals surface area (Å²) in [7, 11) is 0. The molecule has 0 aromatic rings. The highest BCUT2D eigenvalue weighted by atomic mass is 16.4. The van der Waals surface area contributed by atoms with Gasteiger partial charge in [0.2, 0.25) is 0 Å². The highest BCUT2D eigenvalue weighted by Crippen LogP contribution is 2.59. The molecule has 0 unspecified atom stereocenters. The predicted molar refractivity (Wildman–Crippen MR) is 122 cm³/mol. The average Bonchev–Trinajstić information content (AvgIpc) is 3.42. The van der Waals surface area contributed by atoms with Gasteiger partial charge in [-0.1, -0.05) is 20.8 Å². The number of carbonyl (C=O) groups is 1. The zero-order valence-electron chi connectivity index (χ0n) is 19.5. The first kappa shape index (κ1) is 21.5. The van der Waals surface area contributed by atoms with E-state index in [0.29, 0.717) is 19.0 Å². The van der Waals surface area contributed by atoms with Gasteiger partial charge in [0.25, 0.3) is 0 Å². The van der Waals surface area contributed by atoms with Crippen LogP contribution in [0.15, 0.2) is 4.79 Å². The van der Waals surface area contributed by atoms with E-state index in [2.05, 4.69) is 26.1 Å². The first-order valence-electron chi connectivity index (χ1n) is 12.3. The molecule has 3 aliphatic heterocycles. The summed E-state index contributed by atoms with van der Waals surface area (Å²) in [6.07, 6.45) is 8.10. The van der Waals surface area contributed by atoms with Crippen molar-refractivity contribution in [2.75, 3.05) is 5.32 Å². The minimum absolute atomic E-state index is 0.00826. The van der Waals surface area contributed by atoms with Gasteiger partial charge in [0, 0.05) is 31.0 Å². The van der Waals surface area contributed by atoms with E-state index in [1.165, 1.54) is 0 Å². The number of hydrogen-bond donors (Lipinski definition) is 2. The maximum absolute atomic E-state index is 13.3. The molecule has 174 valence electrons. The van der Waals surface area contributed by atoms with Gasteiger partial charge >= 0.3 is 11.7 Å². The van der Waals surface area contributed by atoms with Crippen LogP contribution in [-0.4, -0.2) is 36.2 Å². The molecule has 3 saturated carbocycles. The number of hydrogen-bond acceptors (Lipinski definition) is 5. The molecule has 1 atom stereocenters. The lowest BCUT2D eigenvalue weighted by Crippen LogP contribution is -2.44. The summed E-state index contributed by atoms with van der Waals surface area (Å²) >= 11 is 0. The lowest BCUT2D eigenvalue weighted by atomic mass is 9.52. The molecule has 0 aromatic heterocycles. The standard InChI is InChI=1S/C24H35N5O3/c1-4-13-28-20-18(19-25-16(15(2)3)14-29(19)22(28)32)26-21(27-20)24-10-7-23(8-11-24,9-12-24)6-5-17(30)31/h15-16,25H,4-14H2,1-3H3,(H,30,31)/t16-,23?,24?/m0/s1. The fourth-order valence-corrected chi connectivity index (χ4v) is 6.26. The number of rotatable bonds is 7. The zero-order chi connectivity index (χ0) is 22.7. The van der Waals surface area contributed by atoms with Crippen LogP contribution in [-0.2, 0) is 23.3 Å². The zero-order valence-corrected chi connectivity index (χ0v) is 19.5. The maximum Gasteiger partial charge on any atom is 0.331 e. The average molecular weight is 442 g/mol. The Morgan fingerprint density at radius 2 is 1.88 bits per heavy atom. The highest BCUT2D eigenvalue weighted by molar-refractivity contribution is 5.70. The monoisotopic (exact) mass is 441 g/mol. The van der Waals surface area contributed by atoms with E-state index in [0.717, 1.165) is 74.5 Å². The van der Waals surface area contributed by atoms with Crippen molar-refractivity contribution < 1.29 is 9.90 Å². The molecule has 2 N–H and O–H groups in total. The van der Waals surface area contributed by atoms with Crippen molar-refractivity contribution in [3.63, 3.8) is 0 Å². The van der Waals surface area contributed by atoms with Crippen molar-refractivity contribution >= 4 is 11.8 Å². The molecular formula is C24H35N5O3. The Bertz CT molecular complexity index is 1040. The lowest BCUT2D eigenvalue weighted by Gasteiger charge is -2.52. The predicted octanol–water partition coefficient (Wildman–Crippen LogP) is 3.86. The van der Waals surface area contributed by atoms with Gasteiger partial charge in [-0.05, 0) is 62.7 Å². The van der Waals surface area contributed by atoms with Crippen molar-refractivity contribution in [1.29, 1.82) is 0 Å². The van der Waals surface area contributed by atoms with Gasteiger partial charge in [0.1, 0.15) is 17.3 Å². The molecule has 6 aliphatic rings. The van der Waals surface area contributed by atoms with Crippen LogP contribution in [0.2, 0.25) is 0 Å². The third kappa shape index (κ3) is 3.25. The molecule has 3 heterocycles. The maximum atomic E-state index is 13.3. The minimum Gasteiger partial charge on any atom is -0.481 e. The Kier molecular flexibility index (Phi) is 5.09. The number of carboxylic acids is 1. The number of nitrogens with one attached hydrogen (secondary N) is 1. The van der Waals surface area contributed by atoms with E-state index in [1.54, 1.807) is 0 Å². The molecule has 0 amide bonds. The van der Waals surface area contributed by atoms with Crippen molar-refractivity contribution in [2.45, 2.75) is 103 Å². The van der Waals surface area contributed by atoms with E-state index in [1.807, 2.05) is 9.13 Å². The molecule has 3 fully saturated rings. The second-order valence-electron chi connectivity index (χ2n) is 10.8. The van der Waals surface area contributed by atoms with Crippen LogP contribution >= 0.6 is 0 Å². The van der Waals surface area contributed by atoms with E-state index >= 15 is 0 Å². The van der Waals surface area contributed by atoms with Gasteiger partial charge in [-0.15, -0.1) is 0 Å². The summed E-state index contributed by atoms with van der Waals surface area (Å²) in [4.78, 5) is 34.6. The van der Waals surface area contributed by atoms with Gasteiger partial charge in [-0.3, -0.25) is 13.9 Å². The number of aliphatic carboxylic acids is 1. The summed E-state index contributed by atoms with van der Waals surface area (Å²) in [6, 6.07) is 0.223. The summed E-state index contributed by atoms with van der Waals surface area (Å²) in [5, 5.41) is 12.7. The first-order valence-corrected chi connectivity index (χ1v) is 12.3. The Balaban J connectivity index is 1.52. The molecule has 8 nitrogen and oxygen atoms in total. The molecule has 0 radical (unpaired) electrons. The van der Waals surface area contributed by atoms with E-state index in [4.69, 9.17) is 15.1 Å². The van der Waals surface area contributed by atoms with Gasteiger partial charge < -0.3 is 10.4 Å². The molecule has 0 saturated heterocycles. The minimum atomic E-state index is -0.695. The molecule has 32 heavy (non-hydrogen) atoms. The summed E-state index contributed by atoms with van der Waals surface area (Å²) in [6.45, 7) is 7.75. The number of aromatic nitrogens is 4. The van der Waals surface area contributed by atoms with E-state index in [-0.39, 0.29) is 29.0 Å². The van der Waals surface area contributed by atoms with Gasteiger partial charge in [0.05, 0.1) is 0 Å². The van der Waals surface area contributed by atoms with Crippen LogP contribution in [0, 0.1) is 11.3 Å². The SMILES string of the molecule is CCCn1c2nc(C34CCC(CCC(=O)O)(CC3)CC4)nc-2c2n(c1=O)C[C@@H](C(C)C)N2. The topological polar surface area (TPSA) is 102 Å². The van der Waals surface area contributed by atoms with Gasteiger partial charge in [0.15, 0.2) is 5.82 Å². The molecule has 2 bridgehead atoms. The fraction of sp³-hybridized carbons (Fsp3) is 0.750. The number of fused-ring (bicyclic) bond motifs is 6. The molecular weight excluding hydrogens is 406 g/mol. The van der Waals surface area contributed by atoms with Crippen molar-refractivity contribution in [3.8, 4) is 11.5 Å². The molecule has 8 heteroatoms. The van der Waals surface area contributed by atoms with Crippen LogP contribution in [0.5, 0.6) is 0 Å². The molecule has 6 rings (SSSR count). The van der Waals surface area contributed by atoms with Crippen LogP contribution in [0.1, 0.15) is 84.4 Å². The number of anilines is 1. The molecule has 0 aromatic carbocycles.